The van der Waals surface area contributed by atoms with Crippen LogP contribution in [0.4, 0.5) is 4.39 Å². The number of carbonyl (C=O) groups is 2. The fourth-order valence-electron chi connectivity index (χ4n) is 4.71. The molecule has 1 aromatic heterocycles. The van der Waals surface area contributed by atoms with E-state index >= 15 is 0 Å². The van der Waals surface area contributed by atoms with Crippen molar-refractivity contribution in [1.82, 2.24) is 10.0 Å². The van der Waals surface area contributed by atoms with Crippen molar-refractivity contribution in [1.29, 1.82) is 5.26 Å². The molecule has 0 aliphatic carbocycles. The summed E-state index contributed by atoms with van der Waals surface area (Å²) in [7, 11) is -9.04. The van der Waals surface area contributed by atoms with Gasteiger partial charge in [-0.2, -0.15) is 9.98 Å². The average molecular weight is 784 g/mol. The number of nitrogens with zero attached hydrogens (tertiary/aromatic N) is 1. The van der Waals surface area contributed by atoms with E-state index in [0.29, 0.717) is 27.6 Å². The Balaban J connectivity index is 1.27. The van der Waals surface area contributed by atoms with Gasteiger partial charge >= 0.3 is 7.60 Å². The summed E-state index contributed by atoms with van der Waals surface area (Å²) < 4.78 is 72.0. The number of thiophene rings is 1. The van der Waals surface area contributed by atoms with Gasteiger partial charge in [-0.1, -0.05) is 0 Å². The molecule has 0 fully saturated rings. The zero-order valence-electron chi connectivity index (χ0n) is 27.5. The molecule has 1 atom stereocenters. The molecular formula is C35H31FN3O11PS2. The lowest BCUT2D eigenvalue weighted by molar-refractivity contribution is 0.0943. The molecule has 4 aromatic carbocycles. The second-order valence-electron chi connectivity index (χ2n) is 11.3. The number of carbonyl (C=O) groups excluding carboxylic acids is 2. The number of phenolic OH excluding ortho intramolecular Hbond substituents is 2. The van der Waals surface area contributed by atoms with Crippen LogP contribution in [-0.2, 0) is 14.6 Å². The molecule has 1 heterocycles. The molecule has 1 unspecified atom stereocenters. The van der Waals surface area contributed by atoms with Crippen molar-refractivity contribution in [3.8, 4) is 34.8 Å². The molecule has 0 bridgehead atoms. The van der Waals surface area contributed by atoms with Crippen LogP contribution in [0, 0.1) is 17.1 Å². The van der Waals surface area contributed by atoms with Gasteiger partial charge in [0.15, 0.2) is 17.3 Å². The summed E-state index contributed by atoms with van der Waals surface area (Å²) in [6, 6.07) is 20.4. The van der Waals surface area contributed by atoms with E-state index in [1.54, 1.807) is 12.1 Å². The summed E-state index contributed by atoms with van der Waals surface area (Å²) in [5.74, 6) is -1.44. The number of phenols is 2. The number of hydrogen-bond acceptors (Lipinski definition) is 12. The number of aromatic hydroxyl groups is 2. The first kappa shape index (κ1) is 38.7. The maximum atomic E-state index is 13.9. The van der Waals surface area contributed by atoms with Crippen LogP contribution in [-0.4, -0.2) is 61.3 Å². The summed E-state index contributed by atoms with van der Waals surface area (Å²) >= 11 is 0.833. The van der Waals surface area contributed by atoms with Crippen molar-refractivity contribution in [2.75, 3.05) is 26.0 Å². The minimum absolute atomic E-state index is 0.0117. The zero-order chi connectivity index (χ0) is 38.2. The van der Waals surface area contributed by atoms with Crippen molar-refractivity contribution < 1.29 is 56.1 Å². The van der Waals surface area contributed by atoms with Crippen LogP contribution in [0.25, 0.3) is 10.1 Å². The molecule has 0 aliphatic heterocycles. The highest BCUT2D eigenvalue weighted by Gasteiger charge is 2.27. The Kier molecular flexibility index (Phi) is 12.3. The van der Waals surface area contributed by atoms with Gasteiger partial charge in [-0.05, 0) is 84.6 Å². The first-order valence-corrected chi connectivity index (χ1v) is 19.7. The van der Waals surface area contributed by atoms with E-state index < -0.39 is 35.6 Å². The molecule has 5 aromatic rings. The van der Waals surface area contributed by atoms with E-state index in [9.17, 15) is 42.1 Å². The van der Waals surface area contributed by atoms with Crippen LogP contribution in [0.2, 0.25) is 0 Å². The summed E-state index contributed by atoms with van der Waals surface area (Å²) in [6.07, 6.45) is -0.600. The van der Waals surface area contributed by atoms with Gasteiger partial charge in [0.25, 0.3) is 15.9 Å². The Morgan fingerprint density at radius 2 is 1.53 bits per heavy atom. The predicted molar refractivity (Wildman–Crippen MR) is 192 cm³/mol. The maximum absolute atomic E-state index is 13.9. The summed E-state index contributed by atoms with van der Waals surface area (Å²) in [5.41, 5.74) is 0.439. The molecule has 0 saturated carbocycles. The molecule has 53 heavy (non-hydrogen) atoms. The van der Waals surface area contributed by atoms with Crippen molar-refractivity contribution in [2.24, 2.45) is 0 Å². The van der Waals surface area contributed by atoms with Gasteiger partial charge in [0, 0.05) is 34.4 Å². The van der Waals surface area contributed by atoms with Crippen molar-refractivity contribution in [3.63, 3.8) is 0 Å². The van der Waals surface area contributed by atoms with Crippen LogP contribution in [0.15, 0.2) is 89.1 Å². The first-order chi connectivity index (χ1) is 25.2. The molecule has 1 amide bonds. The van der Waals surface area contributed by atoms with Gasteiger partial charge in [0.2, 0.25) is 0 Å². The van der Waals surface area contributed by atoms with Gasteiger partial charge in [0.05, 0.1) is 18.7 Å². The normalized spacial score (nSPS) is 12.4. The van der Waals surface area contributed by atoms with Crippen LogP contribution in [0.1, 0.15) is 39.1 Å². The molecule has 276 valence electrons. The topological polar surface area (TPSA) is 222 Å². The smallest absolute Gasteiger partial charge is 0.391 e. The van der Waals surface area contributed by atoms with Crippen LogP contribution in [0.3, 0.4) is 0 Å². The van der Waals surface area contributed by atoms with Crippen LogP contribution in [0.5, 0.6) is 28.7 Å². The number of sulfonamides is 1. The van der Waals surface area contributed by atoms with Gasteiger partial charge in [-0.25, -0.2) is 17.4 Å². The van der Waals surface area contributed by atoms with E-state index in [0.717, 1.165) is 29.5 Å². The first-order valence-electron chi connectivity index (χ1n) is 15.7. The zero-order valence-corrected chi connectivity index (χ0v) is 30.0. The summed E-state index contributed by atoms with van der Waals surface area (Å²) in [5, 5.41) is 30.9. The Bertz CT molecular complexity index is 2230. The SMILES string of the molecule is N#Cc1ccc(OP(=O)(O)CNS(=O)(=O)c2cc3cc(OCCNC(=O)c4ccc(O)cc4)c(OCCCC(=O)c4ccc(O)cc4)cc3s2)cc1F. The fraction of sp³-hybridized carbons (Fsp3) is 0.171. The fourth-order valence-corrected chi connectivity index (χ4v) is 8.66. The van der Waals surface area contributed by atoms with Gasteiger partial charge in [-0.15, -0.1) is 11.3 Å². The number of amides is 1. The van der Waals surface area contributed by atoms with Gasteiger partial charge in [-0.3, -0.25) is 9.59 Å². The Morgan fingerprint density at radius 1 is 0.887 bits per heavy atom. The van der Waals surface area contributed by atoms with E-state index in [2.05, 4.69) is 5.32 Å². The third-order valence-corrected chi connectivity index (χ3v) is 11.6. The molecule has 0 spiro atoms. The Hall–Kier alpha value is -5.50. The standard InChI is InChI=1S/C35H31FN3O11PS2/c36-29-18-28(12-7-24(29)20-37)50-51(44,45)21-39-53(46,47)34-17-25-16-31(49-15-13-38-35(43)23-5-10-27(41)11-6-23)32(19-33(25)52-34)48-14-1-2-30(42)22-3-8-26(40)9-4-22/h3-12,16-19,39-41H,1-2,13-15,21H2,(H,38,43)(H,44,45). The molecule has 18 heteroatoms. The van der Waals surface area contributed by atoms with Crippen molar-refractivity contribution >= 4 is 50.7 Å². The van der Waals surface area contributed by atoms with Gasteiger partial charge in [0.1, 0.15) is 46.2 Å². The second kappa shape index (κ2) is 16.9. The molecular weight excluding hydrogens is 753 g/mol. The number of halogens is 1. The number of nitriles is 1. The monoisotopic (exact) mass is 783 g/mol. The highest BCUT2D eigenvalue weighted by molar-refractivity contribution is 7.92. The largest absolute Gasteiger partial charge is 0.508 e. The highest BCUT2D eigenvalue weighted by Crippen LogP contribution is 2.43. The molecule has 14 nitrogen and oxygen atoms in total. The summed E-state index contributed by atoms with van der Waals surface area (Å²) in [4.78, 5) is 35.3. The molecule has 0 saturated heterocycles. The Morgan fingerprint density at radius 3 is 2.19 bits per heavy atom. The molecule has 5 N–H and O–H groups in total. The van der Waals surface area contributed by atoms with Crippen molar-refractivity contribution in [2.45, 2.75) is 17.1 Å². The van der Waals surface area contributed by atoms with E-state index in [-0.39, 0.29) is 70.5 Å². The summed E-state index contributed by atoms with van der Waals surface area (Å²) in [6.45, 7) is 0.136. The lowest BCUT2D eigenvalue weighted by Crippen LogP contribution is -2.28. The number of fused-ring (bicyclic) bond motifs is 1. The number of Topliss-reactive ketones (excluding diaryl/α,β-unsaturated/α-hetero) is 1. The van der Waals surface area contributed by atoms with Crippen molar-refractivity contribution in [3.05, 3.63) is 107 Å². The lowest BCUT2D eigenvalue weighted by atomic mass is 10.1. The number of ketones is 1. The molecule has 0 aliphatic rings. The number of hydrogen-bond donors (Lipinski definition) is 5. The van der Waals surface area contributed by atoms with E-state index in [1.807, 2.05) is 4.72 Å². The number of ether oxygens (including phenoxy) is 2. The Labute approximate surface area is 306 Å². The quantitative estimate of drug-likeness (QED) is 0.0437. The van der Waals surface area contributed by atoms with E-state index in [4.69, 9.17) is 19.3 Å². The highest BCUT2D eigenvalue weighted by atomic mass is 32.2. The molecule has 5 rings (SSSR count). The van der Waals surface area contributed by atoms with Gasteiger partial charge < -0.3 is 34.4 Å². The number of nitrogens with one attached hydrogen (secondary N) is 2. The predicted octanol–water partition coefficient (Wildman–Crippen LogP) is 5.67. The lowest BCUT2D eigenvalue weighted by Gasteiger charge is -2.14. The number of rotatable bonds is 17. The third kappa shape index (κ3) is 10.5. The molecule has 0 radical (unpaired) electrons. The van der Waals surface area contributed by atoms with E-state index in [1.165, 1.54) is 60.7 Å². The second-order valence-corrected chi connectivity index (χ2v) is 16.1. The third-order valence-electron chi connectivity index (χ3n) is 7.36. The minimum Gasteiger partial charge on any atom is -0.508 e. The minimum atomic E-state index is -4.67. The number of benzene rings is 4. The average Bonchev–Trinajstić information content (AvgIpc) is 3.55. The van der Waals surface area contributed by atoms with Crippen LogP contribution >= 0.6 is 18.9 Å². The maximum Gasteiger partial charge on any atom is 0.391 e. The van der Waals surface area contributed by atoms with Crippen LogP contribution < -0.4 is 24.0 Å².